The molecule has 2 rings (SSSR count). The fourth-order valence-electron chi connectivity index (χ4n) is 1.89. The molecule has 0 amide bonds. The largest absolute Gasteiger partial charge is 0.504 e. The Morgan fingerprint density at radius 1 is 1.00 bits per heavy atom. The Morgan fingerprint density at radius 3 is 2.38 bits per heavy atom. The summed E-state index contributed by atoms with van der Waals surface area (Å²) in [7, 11) is 0. The molecule has 2 atom stereocenters. The molecule has 0 aliphatic carbocycles. The highest BCUT2D eigenvalue weighted by atomic mass is 16.5. The monoisotopic (exact) mass is 290 g/mol. The van der Waals surface area contributed by atoms with Crippen molar-refractivity contribution in [2.75, 3.05) is 6.61 Å². The SMILES string of the molecule is OCC(O)C(O)c1ccc(O)c(OCc2ccccc2)c1. The molecule has 2 aromatic carbocycles. The molecule has 2 aromatic rings. The van der Waals surface area contributed by atoms with E-state index in [4.69, 9.17) is 9.84 Å². The van der Waals surface area contributed by atoms with E-state index in [1.54, 1.807) is 0 Å². The molecule has 0 saturated heterocycles. The summed E-state index contributed by atoms with van der Waals surface area (Å²) in [6.07, 6.45) is -2.52. The van der Waals surface area contributed by atoms with E-state index in [2.05, 4.69) is 0 Å². The Morgan fingerprint density at radius 2 is 1.71 bits per heavy atom. The second kappa shape index (κ2) is 7.08. The van der Waals surface area contributed by atoms with Crippen molar-refractivity contribution in [2.45, 2.75) is 18.8 Å². The first-order chi connectivity index (χ1) is 10.1. The molecular formula is C16H18O5. The molecule has 5 heteroatoms. The zero-order valence-corrected chi connectivity index (χ0v) is 11.4. The van der Waals surface area contributed by atoms with E-state index in [1.165, 1.54) is 18.2 Å². The van der Waals surface area contributed by atoms with Crippen LogP contribution in [0.4, 0.5) is 0 Å². The minimum absolute atomic E-state index is 0.0552. The van der Waals surface area contributed by atoms with Gasteiger partial charge in [0.15, 0.2) is 11.5 Å². The maximum absolute atomic E-state index is 9.84. The number of aliphatic hydroxyl groups excluding tert-OH is 3. The molecular weight excluding hydrogens is 272 g/mol. The van der Waals surface area contributed by atoms with Gasteiger partial charge in [0.25, 0.3) is 0 Å². The van der Waals surface area contributed by atoms with Crippen molar-refractivity contribution in [3.8, 4) is 11.5 Å². The quantitative estimate of drug-likeness (QED) is 0.645. The predicted molar refractivity (Wildman–Crippen MR) is 76.9 cm³/mol. The van der Waals surface area contributed by atoms with Crippen molar-refractivity contribution < 1.29 is 25.2 Å². The lowest BCUT2D eigenvalue weighted by atomic mass is 10.0. The van der Waals surface area contributed by atoms with Crippen molar-refractivity contribution in [3.63, 3.8) is 0 Å². The molecule has 0 radical (unpaired) electrons. The second-order valence-electron chi connectivity index (χ2n) is 4.70. The first kappa shape index (κ1) is 15.3. The molecule has 0 aliphatic heterocycles. The molecule has 4 N–H and O–H groups in total. The fourth-order valence-corrected chi connectivity index (χ4v) is 1.89. The lowest BCUT2D eigenvalue weighted by Gasteiger charge is -2.17. The van der Waals surface area contributed by atoms with Crippen LogP contribution in [0.5, 0.6) is 11.5 Å². The van der Waals surface area contributed by atoms with Crippen LogP contribution >= 0.6 is 0 Å². The topological polar surface area (TPSA) is 90.2 Å². The van der Waals surface area contributed by atoms with Gasteiger partial charge >= 0.3 is 0 Å². The molecule has 0 heterocycles. The highest BCUT2D eigenvalue weighted by Crippen LogP contribution is 2.31. The highest BCUT2D eigenvalue weighted by Gasteiger charge is 2.19. The van der Waals surface area contributed by atoms with Gasteiger partial charge in [-0.2, -0.15) is 0 Å². The Balaban J connectivity index is 2.12. The molecule has 0 saturated carbocycles. The lowest BCUT2D eigenvalue weighted by Crippen LogP contribution is -2.22. The van der Waals surface area contributed by atoms with Gasteiger partial charge in [0.05, 0.1) is 6.61 Å². The lowest BCUT2D eigenvalue weighted by molar-refractivity contribution is -0.0153. The number of hydrogen-bond donors (Lipinski definition) is 4. The van der Waals surface area contributed by atoms with Crippen LogP contribution in [0.3, 0.4) is 0 Å². The van der Waals surface area contributed by atoms with Gasteiger partial charge in [-0.25, -0.2) is 0 Å². The van der Waals surface area contributed by atoms with Gasteiger partial charge in [-0.15, -0.1) is 0 Å². The molecule has 0 aliphatic rings. The average molecular weight is 290 g/mol. The van der Waals surface area contributed by atoms with Crippen LogP contribution in [-0.2, 0) is 6.61 Å². The van der Waals surface area contributed by atoms with Crippen LogP contribution in [0.15, 0.2) is 48.5 Å². The zero-order chi connectivity index (χ0) is 15.2. The van der Waals surface area contributed by atoms with Gasteiger partial charge in [-0.05, 0) is 23.3 Å². The van der Waals surface area contributed by atoms with E-state index in [0.29, 0.717) is 5.56 Å². The third kappa shape index (κ3) is 3.95. The minimum Gasteiger partial charge on any atom is -0.504 e. The molecule has 0 aromatic heterocycles. The Kier molecular flexibility index (Phi) is 5.16. The third-order valence-corrected chi connectivity index (χ3v) is 3.11. The van der Waals surface area contributed by atoms with Crippen LogP contribution in [0.25, 0.3) is 0 Å². The number of aromatic hydroxyl groups is 1. The van der Waals surface area contributed by atoms with Crippen molar-refractivity contribution in [2.24, 2.45) is 0 Å². The van der Waals surface area contributed by atoms with Crippen LogP contribution in [0.1, 0.15) is 17.2 Å². The number of phenols is 1. The molecule has 5 nitrogen and oxygen atoms in total. The number of phenolic OH excluding ortho intramolecular Hbond substituents is 1. The van der Waals surface area contributed by atoms with Crippen molar-refractivity contribution >= 4 is 0 Å². The summed E-state index contributed by atoms with van der Waals surface area (Å²) < 4.78 is 5.52. The summed E-state index contributed by atoms with van der Waals surface area (Å²) in [4.78, 5) is 0. The van der Waals surface area contributed by atoms with E-state index in [1.807, 2.05) is 30.3 Å². The first-order valence-corrected chi connectivity index (χ1v) is 6.58. The highest BCUT2D eigenvalue weighted by molar-refractivity contribution is 5.42. The maximum atomic E-state index is 9.84. The summed E-state index contributed by atoms with van der Waals surface area (Å²) in [5.74, 6) is 0.154. The standard InChI is InChI=1S/C16H18O5/c17-9-14(19)16(20)12-6-7-13(18)15(8-12)21-10-11-4-2-1-3-5-11/h1-8,14,16-20H,9-10H2. The summed E-state index contributed by atoms with van der Waals surface area (Å²) in [6.45, 7) is -0.279. The van der Waals surface area contributed by atoms with Gasteiger partial charge in [0.2, 0.25) is 0 Å². The summed E-state index contributed by atoms with van der Waals surface area (Å²) in [5, 5.41) is 37.9. The van der Waals surface area contributed by atoms with Gasteiger partial charge in [0, 0.05) is 0 Å². The number of rotatable bonds is 6. The smallest absolute Gasteiger partial charge is 0.161 e. The number of hydrogen-bond acceptors (Lipinski definition) is 5. The zero-order valence-electron chi connectivity index (χ0n) is 11.4. The van der Waals surface area contributed by atoms with Gasteiger partial charge < -0.3 is 25.2 Å². The molecule has 112 valence electrons. The fraction of sp³-hybridized carbons (Fsp3) is 0.250. The van der Waals surface area contributed by atoms with E-state index < -0.39 is 18.8 Å². The van der Waals surface area contributed by atoms with Crippen LogP contribution in [0, 0.1) is 0 Å². The molecule has 0 spiro atoms. The maximum Gasteiger partial charge on any atom is 0.161 e. The summed E-state index contributed by atoms with van der Waals surface area (Å²) in [5.41, 5.74) is 1.30. The minimum atomic E-state index is -1.28. The van der Waals surface area contributed by atoms with E-state index in [9.17, 15) is 15.3 Å². The third-order valence-electron chi connectivity index (χ3n) is 3.11. The number of benzene rings is 2. The summed E-state index contributed by atoms with van der Waals surface area (Å²) in [6, 6.07) is 13.7. The van der Waals surface area contributed by atoms with Crippen molar-refractivity contribution in [3.05, 3.63) is 59.7 Å². The molecule has 21 heavy (non-hydrogen) atoms. The van der Waals surface area contributed by atoms with Crippen LogP contribution in [0.2, 0.25) is 0 Å². The Labute approximate surface area is 122 Å². The van der Waals surface area contributed by atoms with Crippen LogP contribution in [-0.4, -0.2) is 33.1 Å². The average Bonchev–Trinajstić information content (AvgIpc) is 2.53. The van der Waals surface area contributed by atoms with E-state index in [0.717, 1.165) is 5.56 Å². The second-order valence-corrected chi connectivity index (χ2v) is 4.70. The first-order valence-electron chi connectivity index (χ1n) is 6.58. The molecule has 2 unspecified atom stereocenters. The molecule has 0 fully saturated rings. The predicted octanol–water partition coefficient (Wildman–Crippen LogP) is 1.36. The van der Waals surface area contributed by atoms with Gasteiger partial charge in [0.1, 0.15) is 18.8 Å². The van der Waals surface area contributed by atoms with Crippen LogP contribution < -0.4 is 4.74 Å². The van der Waals surface area contributed by atoms with E-state index in [-0.39, 0.29) is 18.1 Å². The Bertz CT molecular complexity index is 570. The van der Waals surface area contributed by atoms with Gasteiger partial charge in [-0.1, -0.05) is 36.4 Å². The number of ether oxygens (including phenoxy) is 1. The normalized spacial score (nSPS) is 13.7. The van der Waals surface area contributed by atoms with Crippen molar-refractivity contribution in [1.82, 2.24) is 0 Å². The van der Waals surface area contributed by atoms with E-state index >= 15 is 0 Å². The number of aliphatic hydroxyl groups is 3. The summed E-state index contributed by atoms with van der Waals surface area (Å²) >= 11 is 0. The Hall–Kier alpha value is -2.08. The van der Waals surface area contributed by atoms with Crippen molar-refractivity contribution in [1.29, 1.82) is 0 Å². The van der Waals surface area contributed by atoms with Gasteiger partial charge in [-0.3, -0.25) is 0 Å². The molecule has 0 bridgehead atoms.